The van der Waals surface area contributed by atoms with Crippen LogP contribution in [0.2, 0.25) is 0 Å². The monoisotopic (exact) mass is 310 g/mol. The van der Waals surface area contributed by atoms with Gasteiger partial charge in [0.25, 0.3) is 0 Å². The van der Waals surface area contributed by atoms with E-state index in [2.05, 4.69) is 0 Å². The van der Waals surface area contributed by atoms with Crippen molar-refractivity contribution in [3.63, 3.8) is 0 Å². The number of ether oxygens (including phenoxy) is 1. The first-order valence-corrected chi connectivity index (χ1v) is 8.32. The Bertz CT molecular complexity index is 420. The lowest BCUT2D eigenvalue weighted by Crippen LogP contribution is -2.13. The van der Waals surface area contributed by atoms with E-state index in [0.717, 1.165) is 30.8 Å². The average molecular weight is 310 g/mol. The first-order chi connectivity index (χ1) is 10.2. The molecule has 1 aromatic rings. The van der Waals surface area contributed by atoms with Crippen molar-refractivity contribution in [2.75, 3.05) is 24.7 Å². The van der Waals surface area contributed by atoms with Crippen molar-refractivity contribution in [3.8, 4) is 0 Å². The highest BCUT2D eigenvalue weighted by Crippen LogP contribution is 2.08. The minimum atomic E-state index is -0.317. The molecule has 0 fully saturated rings. The molecule has 0 bridgehead atoms. The third kappa shape index (κ3) is 8.52. The summed E-state index contributed by atoms with van der Waals surface area (Å²) in [7, 11) is 0. The van der Waals surface area contributed by atoms with Crippen LogP contribution in [-0.4, -0.2) is 41.6 Å². The Hall–Kier alpha value is -1.33. The fourth-order valence-corrected chi connectivity index (χ4v) is 2.48. The van der Waals surface area contributed by atoms with E-state index >= 15 is 0 Å². The van der Waals surface area contributed by atoms with Crippen LogP contribution in [-0.2, 0) is 9.53 Å². The molecule has 0 unspecified atom stereocenters. The van der Waals surface area contributed by atoms with Gasteiger partial charge in [0, 0.05) is 17.7 Å². The van der Waals surface area contributed by atoms with Gasteiger partial charge in [0.15, 0.2) is 12.4 Å². The third-order valence-corrected chi connectivity index (χ3v) is 3.91. The lowest BCUT2D eigenvalue weighted by atomic mass is 10.1. The number of rotatable bonds is 11. The van der Waals surface area contributed by atoms with Crippen molar-refractivity contribution in [3.05, 3.63) is 35.9 Å². The number of aliphatic hydroxyl groups is 1. The van der Waals surface area contributed by atoms with E-state index in [1.165, 1.54) is 0 Å². The number of hydrogen-bond donors (Lipinski definition) is 1. The second kappa shape index (κ2) is 11.3. The van der Waals surface area contributed by atoms with Crippen molar-refractivity contribution in [2.45, 2.75) is 25.7 Å². The quantitative estimate of drug-likeness (QED) is 0.387. The van der Waals surface area contributed by atoms with Gasteiger partial charge in [-0.3, -0.25) is 9.59 Å². The summed E-state index contributed by atoms with van der Waals surface area (Å²) in [6.07, 6.45) is 3.12. The number of Topliss-reactive ketones (excluding diaryl/α,β-unsaturated/α-hetero) is 1. The van der Waals surface area contributed by atoms with Crippen molar-refractivity contribution < 1.29 is 19.4 Å². The summed E-state index contributed by atoms with van der Waals surface area (Å²) in [6, 6.07) is 8.82. The zero-order chi connectivity index (χ0) is 15.3. The van der Waals surface area contributed by atoms with E-state index < -0.39 is 0 Å². The standard InChI is InChI=1S/C16H22O4S/c17-10-12-21-11-6-2-5-9-16(19)20-13-15(18)14-7-3-1-4-8-14/h1,3-4,7-8,17H,2,5-6,9-13H2. The molecule has 0 atom stereocenters. The molecule has 0 saturated carbocycles. The van der Waals surface area contributed by atoms with Crippen molar-refractivity contribution in [2.24, 2.45) is 0 Å². The van der Waals surface area contributed by atoms with E-state index in [1.807, 2.05) is 6.07 Å². The predicted molar refractivity (Wildman–Crippen MR) is 84.6 cm³/mol. The first kappa shape index (κ1) is 17.7. The summed E-state index contributed by atoms with van der Waals surface area (Å²) < 4.78 is 4.98. The highest BCUT2D eigenvalue weighted by molar-refractivity contribution is 7.99. The molecule has 0 radical (unpaired) electrons. The Morgan fingerprint density at radius 1 is 1.05 bits per heavy atom. The van der Waals surface area contributed by atoms with Gasteiger partial charge in [-0.2, -0.15) is 11.8 Å². The molecule has 0 amide bonds. The maximum atomic E-state index is 11.7. The van der Waals surface area contributed by atoms with E-state index in [-0.39, 0.29) is 25.0 Å². The number of thioether (sulfide) groups is 1. The molecule has 0 aliphatic rings. The Morgan fingerprint density at radius 3 is 2.52 bits per heavy atom. The SMILES string of the molecule is O=C(CCCCCSCCO)OCC(=O)c1ccccc1. The molecule has 1 aromatic carbocycles. The molecule has 0 aliphatic carbocycles. The number of aliphatic hydroxyl groups excluding tert-OH is 1. The number of benzene rings is 1. The Morgan fingerprint density at radius 2 is 1.81 bits per heavy atom. The van der Waals surface area contributed by atoms with Crippen molar-refractivity contribution >= 4 is 23.5 Å². The highest BCUT2D eigenvalue weighted by Gasteiger charge is 2.09. The number of esters is 1. The van der Waals surface area contributed by atoms with Gasteiger partial charge in [0.2, 0.25) is 0 Å². The van der Waals surface area contributed by atoms with Crippen LogP contribution < -0.4 is 0 Å². The van der Waals surface area contributed by atoms with Gasteiger partial charge in [-0.25, -0.2) is 0 Å². The number of carbonyl (C=O) groups is 2. The van der Waals surface area contributed by atoms with Crippen LogP contribution in [0.25, 0.3) is 0 Å². The number of ketones is 1. The molecule has 4 nitrogen and oxygen atoms in total. The normalized spacial score (nSPS) is 10.3. The Kier molecular flexibility index (Phi) is 9.57. The molecule has 21 heavy (non-hydrogen) atoms. The summed E-state index contributed by atoms with van der Waals surface area (Å²) >= 11 is 1.71. The summed E-state index contributed by atoms with van der Waals surface area (Å²) in [5.74, 6) is 1.28. The van der Waals surface area contributed by atoms with Gasteiger partial charge >= 0.3 is 5.97 Å². The van der Waals surface area contributed by atoms with Gasteiger partial charge in [-0.15, -0.1) is 0 Å². The zero-order valence-electron chi connectivity index (χ0n) is 12.1. The zero-order valence-corrected chi connectivity index (χ0v) is 12.9. The number of unbranched alkanes of at least 4 members (excludes halogenated alkanes) is 2. The van der Waals surface area contributed by atoms with E-state index in [4.69, 9.17) is 9.84 Å². The topological polar surface area (TPSA) is 63.6 Å². The molecule has 116 valence electrons. The second-order valence-electron chi connectivity index (χ2n) is 4.60. The van der Waals surface area contributed by atoms with Crippen molar-refractivity contribution in [1.29, 1.82) is 0 Å². The second-order valence-corrected chi connectivity index (χ2v) is 5.82. The van der Waals surface area contributed by atoms with Crippen molar-refractivity contribution in [1.82, 2.24) is 0 Å². The molecule has 0 saturated heterocycles. The first-order valence-electron chi connectivity index (χ1n) is 7.16. The van der Waals surface area contributed by atoms with Crippen LogP contribution in [0, 0.1) is 0 Å². The fourth-order valence-electron chi connectivity index (χ4n) is 1.74. The minimum Gasteiger partial charge on any atom is -0.457 e. The van der Waals surface area contributed by atoms with Crippen LogP contribution in [0.1, 0.15) is 36.0 Å². The van der Waals surface area contributed by atoms with Crippen LogP contribution >= 0.6 is 11.8 Å². The minimum absolute atomic E-state index is 0.177. The van der Waals surface area contributed by atoms with E-state index in [1.54, 1.807) is 36.0 Å². The lowest BCUT2D eigenvalue weighted by Gasteiger charge is -2.04. The van der Waals surface area contributed by atoms with Crippen LogP contribution in [0.4, 0.5) is 0 Å². The lowest BCUT2D eigenvalue weighted by molar-refractivity contribution is -0.142. The smallest absolute Gasteiger partial charge is 0.306 e. The predicted octanol–water partition coefficient (Wildman–Crippen LogP) is 2.70. The van der Waals surface area contributed by atoms with E-state index in [9.17, 15) is 9.59 Å². The van der Waals surface area contributed by atoms with Crippen LogP contribution in [0.5, 0.6) is 0 Å². The molecule has 0 aromatic heterocycles. The maximum absolute atomic E-state index is 11.7. The van der Waals surface area contributed by atoms with E-state index in [0.29, 0.717) is 12.0 Å². The van der Waals surface area contributed by atoms with Gasteiger partial charge < -0.3 is 9.84 Å². The third-order valence-electron chi connectivity index (χ3n) is 2.87. The molecular formula is C16H22O4S. The summed E-state index contributed by atoms with van der Waals surface area (Å²) in [5.41, 5.74) is 0.561. The number of hydrogen-bond acceptors (Lipinski definition) is 5. The van der Waals surface area contributed by atoms with Crippen LogP contribution in [0.15, 0.2) is 30.3 Å². The summed E-state index contributed by atoms with van der Waals surface area (Å²) in [4.78, 5) is 23.2. The Labute approximate surface area is 129 Å². The molecule has 1 N–H and O–H groups in total. The van der Waals surface area contributed by atoms with Gasteiger partial charge in [-0.05, 0) is 18.6 Å². The summed E-state index contributed by atoms with van der Waals surface area (Å²) in [6.45, 7) is 0.0294. The maximum Gasteiger partial charge on any atom is 0.306 e. The summed E-state index contributed by atoms with van der Waals surface area (Å²) in [5, 5.41) is 8.62. The highest BCUT2D eigenvalue weighted by atomic mass is 32.2. The van der Waals surface area contributed by atoms with Gasteiger partial charge in [-0.1, -0.05) is 36.8 Å². The van der Waals surface area contributed by atoms with Gasteiger partial charge in [0.1, 0.15) is 0 Å². The Balaban J connectivity index is 2.05. The molecule has 1 rings (SSSR count). The van der Waals surface area contributed by atoms with Crippen LogP contribution in [0.3, 0.4) is 0 Å². The largest absolute Gasteiger partial charge is 0.457 e. The van der Waals surface area contributed by atoms with Gasteiger partial charge in [0.05, 0.1) is 6.61 Å². The molecular weight excluding hydrogens is 288 g/mol. The molecule has 0 heterocycles. The average Bonchev–Trinajstić information content (AvgIpc) is 2.52. The fraction of sp³-hybridized carbons (Fsp3) is 0.500. The number of carbonyl (C=O) groups excluding carboxylic acids is 2. The molecule has 0 aliphatic heterocycles. The molecule has 5 heteroatoms. The molecule has 0 spiro atoms.